The molecule has 2 heterocycles. The van der Waals surface area contributed by atoms with Crippen molar-refractivity contribution in [2.45, 2.75) is 32.5 Å². The Labute approximate surface area is 144 Å². The summed E-state index contributed by atoms with van der Waals surface area (Å²) in [6.07, 6.45) is -0.396. The molecule has 2 atom stereocenters. The van der Waals surface area contributed by atoms with E-state index in [2.05, 4.69) is 10.3 Å². The van der Waals surface area contributed by atoms with Gasteiger partial charge in [0, 0.05) is 12.1 Å². The zero-order valence-electron chi connectivity index (χ0n) is 14.0. The van der Waals surface area contributed by atoms with Crippen LogP contribution in [0.5, 0.6) is 11.5 Å². The second-order valence-electron chi connectivity index (χ2n) is 5.94. The molecule has 6 heteroatoms. The number of carbonyl (C=O) groups is 1. The molecule has 2 aromatic carbocycles. The van der Waals surface area contributed by atoms with Gasteiger partial charge in [0.05, 0.1) is 0 Å². The number of fused-ring (bicyclic) bond motifs is 2. The van der Waals surface area contributed by atoms with Crippen molar-refractivity contribution < 1.29 is 18.7 Å². The first-order valence-electron chi connectivity index (χ1n) is 8.26. The fraction of sp³-hybridized carbons (Fsp3) is 0.263. The lowest BCUT2D eigenvalue weighted by Crippen LogP contribution is -2.46. The van der Waals surface area contributed by atoms with Crippen molar-refractivity contribution in [2.75, 3.05) is 5.32 Å². The molecule has 0 fully saturated rings. The van der Waals surface area contributed by atoms with Crippen molar-refractivity contribution in [1.82, 2.24) is 4.98 Å². The van der Waals surface area contributed by atoms with E-state index in [9.17, 15) is 4.79 Å². The lowest BCUT2D eigenvalue weighted by atomic mass is 10.1. The molecule has 3 aromatic rings. The first-order chi connectivity index (χ1) is 12.1. The molecule has 6 nitrogen and oxygen atoms in total. The fourth-order valence-corrected chi connectivity index (χ4v) is 2.82. The van der Waals surface area contributed by atoms with E-state index < -0.39 is 12.2 Å². The van der Waals surface area contributed by atoms with Gasteiger partial charge < -0.3 is 19.2 Å². The number of nitrogens with one attached hydrogen (secondary N) is 1. The van der Waals surface area contributed by atoms with Crippen LogP contribution in [0.4, 0.5) is 5.69 Å². The number of aromatic nitrogens is 1. The first kappa shape index (κ1) is 15.5. The van der Waals surface area contributed by atoms with Crippen LogP contribution in [0.25, 0.3) is 11.1 Å². The Kier molecular flexibility index (Phi) is 3.80. The van der Waals surface area contributed by atoms with Crippen molar-refractivity contribution in [2.24, 2.45) is 0 Å². The molecule has 0 radical (unpaired) electrons. The van der Waals surface area contributed by atoms with Crippen LogP contribution in [-0.2, 0) is 11.2 Å². The summed E-state index contributed by atoms with van der Waals surface area (Å²) < 4.78 is 17.2. The number of amides is 1. The average molecular weight is 338 g/mol. The van der Waals surface area contributed by atoms with Crippen LogP contribution < -0.4 is 14.8 Å². The molecule has 1 N–H and O–H groups in total. The Morgan fingerprint density at radius 2 is 1.92 bits per heavy atom. The number of hydrogen-bond acceptors (Lipinski definition) is 5. The number of para-hydroxylation sites is 2. The van der Waals surface area contributed by atoms with Gasteiger partial charge >= 0.3 is 0 Å². The highest BCUT2D eigenvalue weighted by Crippen LogP contribution is 2.33. The van der Waals surface area contributed by atoms with Crippen LogP contribution in [0.15, 0.2) is 46.9 Å². The molecule has 0 spiro atoms. The maximum Gasteiger partial charge on any atom is 0.269 e. The van der Waals surface area contributed by atoms with Gasteiger partial charge in [0.2, 0.25) is 6.10 Å². The number of hydrogen-bond donors (Lipinski definition) is 1. The number of ether oxygens (including phenoxy) is 2. The van der Waals surface area contributed by atoms with Gasteiger partial charge in [-0.25, -0.2) is 4.98 Å². The molecule has 1 amide bonds. The summed E-state index contributed by atoms with van der Waals surface area (Å²) in [5, 5.41) is 2.87. The predicted molar refractivity (Wildman–Crippen MR) is 93.0 cm³/mol. The average Bonchev–Trinajstić information content (AvgIpc) is 3.03. The van der Waals surface area contributed by atoms with E-state index in [1.54, 1.807) is 24.3 Å². The first-order valence-corrected chi connectivity index (χ1v) is 8.26. The van der Waals surface area contributed by atoms with Crippen molar-refractivity contribution in [3.05, 3.63) is 48.4 Å². The highest BCUT2D eigenvalue weighted by atomic mass is 16.6. The van der Waals surface area contributed by atoms with Gasteiger partial charge in [-0.05, 0) is 37.3 Å². The van der Waals surface area contributed by atoms with Crippen LogP contribution in [-0.4, -0.2) is 23.1 Å². The SMILES string of the molecule is CCc1nc2cc(NC(=O)[C@@H]3Oc4ccccc4O[C@H]3C)ccc2o1. The summed E-state index contributed by atoms with van der Waals surface area (Å²) in [6.45, 7) is 3.79. The molecule has 0 bridgehead atoms. The Morgan fingerprint density at radius 3 is 2.68 bits per heavy atom. The third-order valence-corrected chi connectivity index (χ3v) is 4.10. The molecular weight excluding hydrogens is 320 g/mol. The summed E-state index contributed by atoms with van der Waals surface area (Å²) >= 11 is 0. The minimum absolute atomic E-state index is 0.263. The molecule has 0 aliphatic carbocycles. The number of nitrogens with zero attached hydrogens (tertiary/aromatic N) is 1. The Hall–Kier alpha value is -3.02. The minimum Gasteiger partial charge on any atom is -0.482 e. The third kappa shape index (κ3) is 2.91. The van der Waals surface area contributed by atoms with Crippen molar-refractivity contribution in [1.29, 1.82) is 0 Å². The normalized spacial score (nSPS) is 19.0. The lowest BCUT2D eigenvalue weighted by Gasteiger charge is -2.30. The second kappa shape index (κ2) is 6.12. The minimum atomic E-state index is -0.728. The van der Waals surface area contributed by atoms with Gasteiger partial charge in [-0.1, -0.05) is 19.1 Å². The van der Waals surface area contributed by atoms with Gasteiger partial charge in [0.25, 0.3) is 5.91 Å². The zero-order chi connectivity index (χ0) is 17.4. The smallest absolute Gasteiger partial charge is 0.269 e. The van der Waals surface area contributed by atoms with Crippen LogP contribution in [0.2, 0.25) is 0 Å². The maximum atomic E-state index is 12.6. The van der Waals surface area contributed by atoms with E-state index in [0.717, 1.165) is 6.42 Å². The van der Waals surface area contributed by atoms with Gasteiger partial charge in [0.15, 0.2) is 23.0 Å². The molecule has 128 valence electrons. The van der Waals surface area contributed by atoms with Gasteiger partial charge in [-0.3, -0.25) is 4.79 Å². The standard InChI is InChI=1S/C19H18N2O4/c1-3-17-21-13-10-12(8-9-14(13)24-17)20-19(22)18-11(2)23-15-6-4-5-7-16(15)25-18/h4-11,18H,3H2,1-2H3,(H,20,22)/t11-,18+/m0/s1. The van der Waals surface area contributed by atoms with Crippen LogP contribution in [0, 0.1) is 0 Å². The fourth-order valence-electron chi connectivity index (χ4n) is 2.82. The summed E-state index contributed by atoms with van der Waals surface area (Å²) in [7, 11) is 0. The Bertz CT molecular complexity index is 934. The van der Waals surface area contributed by atoms with Gasteiger partial charge in [0.1, 0.15) is 11.6 Å². The van der Waals surface area contributed by atoms with E-state index in [0.29, 0.717) is 34.2 Å². The summed E-state index contributed by atoms with van der Waals surface area (Å²) in [4.78, 5) is 17.0. The molecule has 0 saturated heterocycles. The largest absolute Gasteiger partial charge is 0.482 e. The van der Waals surface area contributed by atoms with E-state index in [1.807, 2.05) is 32.0 Å². The van der Waals surface area contributed by atoms with Gasteiger partial charge in [-0.15, -0.1) is 0 Å². The summed E-state index contributed by atoms with van der Waals surface area (Å²) in [5.41, 5.74) is 2.06. The number of rotatable bonds is 3. The molecule has 1 aromatic heterocycles. The van der Waals surface area contributed by atoms with Crippen LogP contribution in [0.1, 0.15) is 19.7 Å². The second-order valence-corrected chi connectivity index (χ2v) is 5.94. The van der Waals surface area contributed by atoms with E-state index >= 15 is 0 Å². The summed E-state index contributed by atoms with van der Waals surface area (Å²) in [6, 6.07) is 12.7. The van der Waals surface area contributed by atoms with Crippen LogP contribution >= 0.6 is 0 Å². The number of aryl methyl sites for hydroxylation is 1. The topological polar surface area (TPSA) is 73.6 Å². The number of anilines is 1. The molecule has 0 unspecified atom stereocenters. The quantitative estimate of drug-likeness (QED) is 0.790. The Morgan fingerprint density at radius 1 is 1.16 bits per heavy atom. The van der Waals surface area contributed by atoms with E-state index in [-0.39, 0.29) is 5.91 Å². The molecule has 1 aliphatic heterocycles. The maximum absolute atomic E-state index is 12.6. The predicted octanol–water partition coefficient (Wildman–Crippen LogP) is 3.56. The van der Waals surface area contributed by atoms with Crippen molar-refractivity contribution in [3.63, 3.8) is 0 Å². The molecule has 4 rings (SSSR count). The third-order valence-electron chi connectivity index (χ3n) is 4.10. The lowest BCUT2D eigenvalue weighted by molar-refractivity contribution is -0.128. The van der Waals surface area contributed by atoms with Crippen molar-refractivity contribution in [3.8, 4) is 11.5 Å². The monoisotopic (exact) mass is 338 g/mol. The summed E-state index contributed by atoms with van der Waals surface area (Å²) in [5.74, 6) is 1.63. The molecular formula is C19H18N2O4. The molecule has 1 aliphatic rings. The zero-order valence-corrected chi connectivity index (χ0v) is 14.0. The highest BCUT2D eigenvalue weighted by molar-refractivity contribution is 5.96. The van der Waals surface area contributed by atoms with E-state index in [4.69, 9.17) is 13.9 Å². The number of carbonyl (C=O) groups excluding carboxylic acids is 1. The molecule has 0 saturated carbocycles. The van der Waals surface area contributed by atoms with Gasteiger partial charge in [-0.2, -0.15) is 0 Å². The number of benzene rings is 2. The molecule has 25 heavy (non-hydrogen) atoms. The number of oxazole rings is 1. The highest BCUT2D eigenvalue weighted by Gasteiger charge is 2.34. The van der Waals surface area contributed by atoms with E-state index in [1.165, 1.54) is 0 Å². The Balaban J connectivity index is 1.53. The van der Waals surface area contributed by atoms with Crippen molar-refractivity contribution >= 4 is 22.7 Å². The van der Waals surface area contributed by atoms with Crippen LogP contribution in [0.3, 0.4) is 0 Å².